The number of aromatic nitrogens is 1. The van der Waals surface area contributed by atoms with Gasteiger partial charge < -0.3 is 19.4 Å². The molecule has 0 spiro atoms. The first-order chi connectivity index (χ1) is 12.1. The molecular weight excluding hydrogens is 356 g/mol. The fourth-order valence-electron chi connectivity index (χ4n) is 3.52. The van der Waals surface area contributed by atoms with Gasteiger partial charge in [-0.3, -0.25) is 4.79 Å². The van der Waals surface area contributed by atoms with E-state index < -0.39 is 0 Å². The topological polar surface area (TPSA) is 54.6 Å². The van der Waals surface area contributed by atoms with E-state index in [1.165, 1.54) is 11.3 Å². The summed E-state index contributed by atoms with van der Waals surface area (Å²) >= 11 is 6.67. The van der Waals surface area contributed by atoms with Crippen molar-refractivity contribution in [3.05, 3.63) is 38.3 Å². The zero-order valence-electron chi connectivity index (χ0n) is 14.0. The Hall–Kier alpha value is -1.86. The summed E-state index contributed by atoms with van der Waals surface area (Å²) in [5.74, 6) is 1.72. The number of carbonyl (C=O) groups excluding carboxylic acids is 1. The molecule has 132 valence electrons. The maximum Gasteiger partial charge on any atom is 0.228 e. The second-order valence-electron chi connectivity index (χ2n) is 6.39. The third-order valence-corrected chi connectivity index (χ3v) is 6.10. The molecule has 2 aliphatic rings. The molecule has 1 N–H and O–H groups in total. The molecule has 1 atom stereocenters. The first-order valence-corrected chi connectivity index (χ1v) is 9.72. The first-order valence-electron chi connectivity index (χ1n) is 8.49. The summed E-state index contributed by atoms with van der Waals surface area (Å²) < 4.78 is 12.0. The Bertz CT molecular complexity index is 858. The van der Waals surface area contributed by atoms with Gasteiger partial charge in [0.15, 0.2) is 15.5 Å². The Balaban J connectivity index is 1.55. The molecule has 25 heavy (non-hydrogen) atoms. The van der Waals surface area contributed by atoms with E-state index in [0.717, 1.165) is 51.0 Å². The Kier molecular flexibility index (Phi) is 4.52. The molecule has 1 saturated heterocycles. The molecule has 1 aromatic carbocycles. The second kappa shape index (κ2) is 6.80. The number of fused-ring (bicyclic) bond motifs is 1. The number of aryl methyl sites for hydroxylation is 1. The minimum absolute atomic E-state index is 0.107. The van der Waals surface area contributed by atoms with Crippen molar-refractivity contribution in [2.45, 2.75) is 32.2 Å². The molecule has 4 rings (SSSR count). The largest absolute Gasteiger partial charge is 0.486 e. The molecule has 3 heterocycles. The van der Waals surface area contributed by atoms with Crippen LogP contribution in [0.4, 0.5) is 0 Å². The van der Waals surface area contributed by atoms with E-state index >= 15 is 0 Å². The van der Waals surface area contributed by atoms with E-state index in [1.807, 2.05) is 24.0 Å². The van der Waals surface area contributed by atoms with Crippen LogP contribution in [0.25, 0.3) is 0 Å². The molecule has 5 nitrogen and oxygen atoms in total. The predicted molar refractivity (Wildman–Crippen MR) is 99.1 cm³/mol. The van der Waals surface area contributed by atoms with Crippen molar-refractivity contribution in [3.63, 3.8) is 0 Å². The number of benzene rings is 1. The highest BCUT2D eigenvalue weighted by molar-refractivity contribution is 7.73. The quantitative estimate of drug-likeness (QED) is 0.828. The van der Waals surface area contributed by atoms with Crippen LogP contribution in [0.1, 0.15) is 35.0 Å². The van der Waals surface area contributed by atoms with E-state index in [4.69, 9.17) is 21.7 Å². The normalized spacial score (nSPS) is 19.2. The lowest BCUT2D eigenvalue weighted by molar-refractivity contribution is -0.131. The lowest BCUT2D eigenvalue weighted by Crippen LogP contribution is -2.31. The molecule has 2 aliphatic heterocycles. The lowest BCUT2D eigenvalue weighted by Gasteiger charge is -2.26. The molecular formula is C18H20N2O3S2. The summed E-state index contributed by atoms with van der Waals surface area (Å²) in [7, 11) is 0. The monoisotopic (exact) mass is 376 g/mol. The van der Waals surface area contributed by atoms with Crippen LogP contribution in [0.3, 0.4) is 0 Å². The predicted octanol–water partition coefficient (Wildman–Crippen LogP) is 3.79. The van der Waals surface area contributed by atoms with Gasteiger partial charge in [-0.05, 0) is 49.7 Å². The van der Waals surface area contributed by atoms with E-state index in [-0.39, 0.29) is 11.9 Å². The summed E-state index contributed by atoms with van der Waals surface area (Å²) in [5, 5.41) is 0. The molecule has 1 aromatic heterocycles. The summed E-state index contributed by atoms with van der Waals surface area (Å²) in [6, 6.07) is 6.13. The van der Waals surface area contributed by atoms with Crippen molar-refractivity contribution in [2.24, 2.45) is 0 Å². The standard InChI is InChI=1S/C18H20N2O3S2/c1-11-16(25-18(24)19-11)10-17(21)20-6-2-3-13(20)12-4-5-14-15(9-12)23-8-7-22-14/h4-5,9,13H,2-3,6-8,10H2,1H3,(H,19,24)/t13-/m1/s1. The van der Waals surface area contributed by atoms with Crippen LogP contribution in [-0.4, -0.2) is 35.5 Å². The van der Waals surface area contributed by atoms with Crippen molar-refractivity contribution >= 4 is 29.5 Å². The molecule has 1 fully saturated rings. The fraction of sp³-hybridized carbons (Fsp3) is 0.444. The minimum Gasteiger partial charge on any atom is -0.486 e. The van der Waals surface area contributed by atoms with Gasteiger partial charge in [-0.15, -0.1) is 11.3 Å². The number of H-pyrrole nitrogens is 1. The highest BCUT2D eigenvalue weighted by Crippen LogP contribution is 2.38. The Morgan fingerprint density at radius 1 is 1.36 bits per heavy atom. The van der Waals surface area contributed by atoms with Crippen molar-refractivity contribution in [1.82, 2.24) is 9.88 Å². The minimum atomic E-state index is 0.107. The van der Waals surface area contributed by atoms with Crippen LogP contribution in [0, 0.1) is 10.9 Å². The number of nitrogens with zero attached hydrogens (tertiary/aromatic N) is 1. The molecule has 0 unspecified atom stereocenters. The number of ether oxygens (including phenoxy) is 2. The molecule has 0 saturated carbocycles. The SMILES string of the molecule is Cc1[nH]c(=S)sc1CC(=O)N1CCC[C@@H]1c1ccc2c(c1)OCCO2. The van der Waals surface area contributed by atoms with Gasteiger partial charge in [0, 0.05) is 17.1 Å². The number of aromatic amines is 1. The van der Waals surface area contributed by atoms with E-state index in [2.05, 4.69) is 11.1 Å². The number of nitrogens with one attached hydrogen (secondary N) is 1. The first kappa shape index (κ1) is 16.6. The number of carbonyl (C=O) groups is 1. The third kappa shape index (κ3) is 3.30. The van der Waals surface area contributed by atoms with Crippen molar-refractivity contribution in [1.29, 1.82) is 0 Å². The smallest absolute Gasteiger partial charge is 0.228 e. The van der Waals surface area contributed by atoms with Crippen LogP contribution in [0.2, 0.25) is 0 Å². The number of rotatable bonds is 3. The average molecular weight is 377 g/mol. The number of thiazole rings is 1. The summed E-state index contributed by atoms with van der Waals surface area (Å²) in [6.45, 7) is 3.92. The van der Waals surface area contributed by atoms with Crippen LogP contribution in [0.15, 0.2) is 18.2 Å². The van der Waals surface area contributed by atoms with Gasteiger partial charge >= 0.3 is 0 Å². The highest BCUT2D eigenvalue weighted by atomic mass is 32.1. The Morgan fingerprint density at radius 3 is 2.92 bits per heavy atom. The van der Waals surface area contributed by atoms with Crippen LogP contribution in [-0.2, 0) is 11.2 Å². The van der Waals surface area contributed by atoms with Gasteiger partial charge in [0.2, 0.25) is 5.91 Å². The molecule has 7 heteroatoms. The van der Waals surface area contributed by atoms with E-state index in [1.54, 1.807) is 0 Å². The zero-order chi connectivity index (χ0) is 17.4. The summed E-state index contributed by atoms with van der Waals surface area (Å²) in [6.07, 6.45) is 2.41. The van der Waals surface area contributed by atoms with Gasteiger partial charge in [0.1, 0.15) is 13.2 Å². The number of hydrogen-bond donors (Lipinski definition) is 1. The zero-order valence-corrected chi connectivity index (χ0v) is 15.7. The van der Waals surface area contributed by atoms with Gasteiger partial charge in [0.25, 0.3) is 0 Å². The van der Waals surface area contributed by atoms with Crippen molar-refractivity contribution < 1.29 is 14.3 Å². The average Bonchev–Trinajstić information content (AvgIpc) is 3.21. The third-order valence-electron chi connectivity index (χ3n) is 4.76. The van der Waals surface area contributed by atoms with E-state index in [0.29, 0.717) is 19.6 Å². The van der Waals surface area contributed by atoms with Crippen molar-refractivity contribution in [3.8, 4) is 11.5 Å². The van der Waals surface area contributed by atoms with Gasteiger partial charge in [-0.2, -0.15) is 0 Å². The number of amides is 1. The van der Waals surface area contributed by atoms with Crippen molar-refractivity contribution in [2.75, 3.05) is 19.8 Å². The van der Waals surface area contributed by atoms with Gasteiger partial charge in [-0.25, -0.2) is 0 Å². The van der Waals surface area contributed by atoms with E-state index in [9.17, 15) is 4.79 Å². The highest BCUT2D eigenvalue weighted by Gasteiger charge is 2.31. The molecule has 0 aliphatic carbocycles. The molecule has 2 aromatic rings. The maximum atomic E-state index is 12.9. The van der Waals surface area contributed by atoms with Crippen LogP contribution >= 0.6 is 23.6 Å². The molecule has 1 amide bonds. The summed E-state index contributed by atoms with van der Waals surface area (Å²) in [4.78, 5) is 19.0. The van der Waals surface area contributed by atoms with Gasteiger partial charge in [-0.1, -0.05) is 6.07 Å². The van der Waals surface area contributed by atoms with Crippen LogP contribution in [0.5, 0.6) is 11.5 Å². The second-order valence-corrected chi connectivity index (χ2v) is 8.16. The maximum absolute atomic E-state index is 12.9. The molecule has 0 bridgehead atoms. The van der Waals surface area contributed by atoms with Crippen LogP contribution < -0.4 is 9.47 Å². The lowest BCUT2D eigenvalue weighted by atomic mass is 10.0. The Morgan fingerprint density at radius 2 is 2.16 bits per heavy atom. The van der Waals surface area contributed by atoms with Gasteiger partial charge in [0.05, 0.1) is 12.5 Å². The fourth-order valence-corrected chi connectivity index (χ4v) is 4.81. The molecule has 0 radical (unpaired) electrons. The number of hydrogen-bond acceptors (Lipinski definition) is 5. The number of likely N-dealkylation sites (tertiary alicyclic amines) is 1. The Labute approximate surface area is 155 Å². The summed E-state index contributed by atoms with van der Waals surface area (Å²) in [5.41, 5.74) is 2.12.